The van der Waals surface area contributed by atoms with Crippen molar-refractivity contribution in [1.82, 2.24) is 15.1 Å². The first-order valence-corrected chi connectivity index (χ1v) is 4.85. The number of hydrogen-bond donors (Lipinski definition) is 1. The Bertz CT molecular complexity index is 453. The summed E-state index contributed by atoms with van der Waals surface area (Å²) < 4.78 is 38.1. The molecule has 0 saturated carbocycles. The van der Waals surface area contributed by atoms with Gasteiger partial charge in [-0.15, -0.1) is 6.58 Å². The van der Waals surface area contributed by atoms with E-state index >= 15 is 0 Å². The van der Waals surface area contributed by atoms with Crippen LogP contribution in [-0.4, -0.2) is 22.2 Å². The SMILES string of the molecule is C=CCNC(=O)c1c(Cl)c(C(F)(F)F)nn1C. The molecule has 0 aliphatic heterocycles. The van der Waals surface area contributed by atoms with E-state index in [1.165, 1.54) is 13.1 Å². The number of aryl methyl sites for hydroxylation is 1. The van der Waals surface area contributed by atoms with Crippen LogP contribution in [0.3, 0.4) is 0 Å². The average Bonchev–Trinajstić information content (AvgIpc) is 2.50. The Morgan fingerprint density at radius 3 is 2.65 bits per heavy atom. The molecule has 94 valence electrons. The van der Waals surface area contributed by atoms with Crippen LogP contribution < -0.4 is 5.32 Å². The third-order valence-corrected chi connectivity index (χ3v) is 2.24. The summed E-state index contributed by atoms with van der Waals surface area (Å²) in [5, 5.41) is 4.80. The lowest BCUT2D eigenvalue weighted by Crippen LogP contribution is -2.25. The Labute approximate surface area is 100 Å². The number of rotatable bonds is 3. The fourth-order valence-corrected chi connectivity index (χ4v) is 1.53. The molecule has 8 heteroatoms. The van der Waals surface area contributed by atoms with Gasteiger partial charge < -0.3 is 5.32 Å². The van der Waals surface area contributed by atoms with Gasteiger partial charge in [0.25, 0.3) is 5.91 Å². The summed E-state index contributed by atoms with van der Waals surface area (Å²) in [6.45, 7) is 3.49. The van der Waals surface area contributed by atoms with Crippen molar-refractivity contribution in [2.45, 2.75) is 6.18 Å². The highest BCUT2D eigenvalue weighted by Crippen LogP contribution is 2.35. The van der Waals surface area contributed by atoms with Gasteiger partial charge in [-0.2, -0.15) is 18.3 Å². The van der Waals surface area contributed by atoms with E-state index in [1.54, 1.807) is 0 Å². The quantitative estimate of drug-likeness (QED) is 0.852. The van der Waals surface area contributed by atoms with Gasteiger partial charge in [-0.25, -0.2) is 0 Å². The molecular formula is C9H9ClF3N3O. The van der Waals surface area contributed by atoms with Crippen LogP contribution in [0.2, 0.25) is 5.02 Å². The molecule has 1 N–H and O–H groups in total. The topological polar surface area (TPSA) is 46.9 Å². The van der Waals surface area contributed by atoms with Gasteiger partial charge in [0, 0.05) is 13.6 Å². The van der Waals surface area contributed by atoms with Gasteiger partial charge >= 0.3 is 6.18 Å². The van der Waals surface area contributed by atoms with Crippen molar-refractivity contribution < 1.29 is 18.0 Å². The highest BCUT2D eigenvalue weighted by Gasteiger charge is 2.39. The molecule has 4 nitrogen and oxygen atoms in total. The molecule has 1 heterocycles. The molecule has 0 spiro atoms. The van der Waals surface area contributed by atoms with Gasteiger partial charge in [-0.1, -0.05) is 17.7 Å². The zero-order chi connectivity index (χ0) is 13.2. The summed E-state index contributed by atoms with van der Waals surface area (Å²) in [7, 11) is 1.21. The molecule has 0 radical (unpaired) electrons. The maximum atomic E-state index is 12.4. The minimum absolute atomic E-state index is 0.127. The summed E-state index contributed by atoms with van der Waals surface area (Å²) in [5.74, 6) is -0.736. The van der Waals surface area contributed by atoms with Crippen molar-refractivity contribution in [2.24, 2.45) is 7.05 Å². The fraction of sp³-hybridized carbons (Fsp3) is 0.333. The van der Waals surface area contributed by atoms with E-state index in [9.17, 15) is 18.0 Å². The Morgan fingerprint density at radius 2 is 2.24 bits per heavy atom. The van der Waals surface area contributed by atoms with Gasteiger partial charge in [-0.3, -0.25) is 9.48 Å². The average molecular weight is 268 g/mol. The van der Waals surface area contributed by atoms with Gasteiger partial charge in [-0.05, 0) is 0 Å². The number of halogens is 4. The first-order valence-electron chi connectivity index (χ1n) is 4.47. The molecule has 1 aromatic heterocycles. The molecule has 1 aromatic rings. The van der Waals surface area contributed by atoms with E-state index < -0.39 is 22.8 Å². The lowest BCUT2D eigenvalue weighted by atomic mass is 10.3. The second kappa shape index (κ2) is 4.79. The van der Waals surface area contributed by atoms with Crippen LogP contribution in [-0.2, 0) is 13.2 Å². The molecule has 1 amide bonds. The van der Waals surface area contributed by atoms with Crippen molar-refractivity contribution in [3.8, 4) is 0 Å². The minimum Gasteiger partial charge on any atom is -0.347 e. The number of aromatic nitrogens is 2. The number of hydrogen-bond acceptors (Lipinski definition) is 2. The summed E-state index contributed by atoms with van der Waals surface area (Å²) in [4.78, 5) is 11.5. The molecule has 0 atom stereocenters. The molecule has 0 aliphatic rings. The smallest absolute Gasteiger partial charge is 0.347 e. The largest absolute Gasteiger partial charge is 0.436 e. The zero-order valence-corrected chi connectivity index (χ0v) is 9.56. The lowest BCUT2D eigenvalue weighted by Gasteiger charge is -2.03. The number of nitrogens with one attached hydrogen (secondary N) is 1. The predicted octanol–water partition coefficient (Wildman–Crippen LogP) is 2.01. The highest BCUT2D eigenvalue weighted by molar-refractivity contribution is 6.34. The molecule has 1 rings (SSSR count). The van der Waals surface area contributed by atoms with Crippen LogP contribution in [0.5, 0.6) is 0 Å². The van der Waals surface area contributed by atoms with Gasteiger partial charge in [0.15, 0.2) is 5.69 Å². The van der Waals surface area contributed by atoms with E-state index in [0.717, 1.165) is 4.68 Å². The number of carbonyl (C=O) groups is 1. The minimum atomic E-state index is -4.69. The Morgan fingerprint density at radius 1 is 1.65 bits per heavy atom. The van der Waals surface area contributed by atoms with Crippen molar-refractivity contribution in [3.05, 3.63) is 29.1 Å². The van der Waals surface area contributed by atoms with Gasteiger partial charge in [0.1, 0.15) is 10.7 Å². The molecule has 0 fully saturated rings. The Balaban J connectivity index is 3.14. The summed E-state index contributed by atoms with van der Waals surface area (Å²) in [6.07, 6.45) is -3.29. The van der Waals surface area contributed by atoms with Gasteiger partial charge in [0.05, 0.1) is 0 Å². The number of alkyl halides is 3. The molecule has 0 aromatic carbocycles. The molecular weight excluding hydrogens is 259 g/mol. The van der Waals surface area contributed by atoms with E-state index in [4.69, 9.17) is 11.6 Å². The summed E-state index contributed by atoms with van der Waals surface area (Å²) >= 11 is 5.50. The second-order valence-corrected chi connectivity index (χ2v) is 3.51. The van der Waals surface area contributed by atoms with Gasteiger partial charge in [0.2, 0.25) is 0 Å². The molecule has 0 saturated heterocycles. The number of nitrogens with zero attached hydrogens (tertiary/aromatic N) is 2. The third kappa shape index (κ3) is 2.79. The first-order chi connectivity index (χ1) is 7.79. The first kappa shape index (κ1) is 13.6. The Hall–Kier alpha value is -1.50. The van der Waals surface area contributed by atoms with Crippen molar-refractivity contribution in [1.29, 1.82) is 0 Å². The molecule has 0 bridgehead atoms. The summed E-state index contributed by atoms with van der Waals surface area (Å²) in [5.41, 5.74) is -1.61. The van der Waals surface area contributed by atoms with Crippen LogP contribution in [0.4, 0.5) is 13.2 Å². The predicted molar refractivity (Wildman–Crippen MR) is 55.8 cm³/mol. The van der Waals surface area contributed by atoms with E-state index in [-0.39, 0.29) is 12.2 Å². The van der Waals surface area contributed by atoms with Crippen LogP contribution >= 0.6 is 11.6 Å². The molecule has 0 aliphatic carbocycles. The van der Waals surface area contributed by atoms with E-state index in [0.29, 0.717) is 0 Å². The summed E-state index contributed by atoms with van der Waals surface area (Å²) in [6, 6.07) is 0. The fourth-order valence-electron chi connectivity index (χ4n) is 1.17. The standard InChI is InChI=1S/C9H9ClF3N3O/c1-3-4-14-8(17)6-5(10)7(9(11,12)13)15-16(6)2/h3H,1,4H2,2H3,(H,14,17). The van der Waals surface area contributed by atoms with Crippen molar-refractivity contribution in [2.75, 3.05) is 6.54 Å². The highest BCUT2D eigenvalue weighted by atomic mass is 35.5. The van der Waals surface area contributed by atoms with Crippen molar-refractivity contribution in [3.63, 3.8) is 0 Å². The third-order valence-electron chi connectivity index (χ3n) is 1.88. The molecule has 17 heavy (non-hydrogen) atoms. The number of carbonyl (C=O) groups excluding carboxylic acids is 1. The zero-order valence-electron chi connectivity index (χ0n) is 8.81. The van der Waals surface area contributed by atoms with Crippen molar-refractivity contribution >= 4 is 17.5 Å². The monoisotopic (exact) mass is 267 g/mol. The van der Waals surface area contributed by atoms with Crippen LogP contribution in [0, 0.1) is 0 Å². The van der Waals surface area contributed by atoms with E-state index in [2.05, 4.69) is 17.0 Å². The van der Waals surface area contributed by atoms with E-state index in [1.807, 2.05) is 0 Å². The molecule has 0 unspecified atom stereocenters. The number of amides is 1. The normalized spacial score (nSPS) is 11.4. The second-order valence-electron chi connectivity index (χ2n) is 3.13. The maximum absolute atomic E-state index is 12.4. The van der Waals surface area contributed by atoms with Crippen LogP contribution in [0.1, 0.15) is 16.2 Å². The maximum Gasteiger partial charge on any atom is 0.436 e. The van der Waals surface area contributed by atoms with Crippen LogP contribution in [0.15, 0.2) is 12.7 Å². The lowest BCUT2D eigenvalue weighted by molar-refractivity contribution is -0.141. The van der Waals surface area contributed by atoms with Crippen LogP contribution in [0.25, 0.3) is 0 Å². The Kier molecular flexibility index (Phi) is 3.82.